The Morgan fingerprint density at radius 1 is 1.30 bits per heavy atom. The van der Waals surface area contributed by atoms with Crippen LogP contribution in [0.15, 0.2) is 18.5 Å². The summed E-state index contributed by atoms with van der Waals surface area (Å²) >= 11 is 0. The Balaban J connectivity index is 1.73. The summed E-state index contributed by atoms with van der Waals surface area (Å²) in [6.45, 7) is 10.6. The molecular weight excluding hydrogens is 286 g/mol. The fourth-order valence-electron chi connectivity index (χ4n) is 3.59. The van der Waals surface area contributed by atoms with E-state index in [1.165, 1.54) is 19.4 Å². The molecule has 0 spiro atoms. The van der Waals surface area contributed by atoms with Gasteiger partial charge in [0.2, 0.25) is 0 Å². The molecule has 23 heavy (non-hydrogen) atoms. The number of rotatable bonds is 4. The van der Waals surface area contributed by atoms with Gasteiger partial charge in [-0.3, -0.25) is 14.7 Å². The minimum Gasteiger partial charge on any atom is -0.337 e. The van der Waals surface area contributed by atoms with Crippen molar-refractivity contribution < 1.29 is 4.79 Å². The zero-order valence-electron chi connectivity index (χ0n) is 14.7. The van der Waals surface area contributed by atoms with Gasteiger partial charge in [-0.1, -0.05) is 13.8 Å². The summed E-state index contributed by atoms with van der Waals surface area (Å²) in [6.07, 6.45) is 7.35. The van der Waals surface area contributed by atoms with Gasteiger partial charge < -0.3 is 4.90 Å². The Labute approximate surface area is 139 Å². The Hall–Kier alpha value is -1.42. The van der Waals surface area contributed by atoms with E-state index in [0.29, 0.717) is 12.0 Å². The molecule has 2 fully saturated rings. The maximum Gasteiger partial charge on any atom is 0.255 e. The lowest BCUT2D eigenvalue weighted by Crippen LogP contribution is -2.46. The minimum atomic E-state index is 0.139. The first-order chi connectivity index (χ1) is 11.0. The van der Waals surface area contributed by atoms with Crippen molar-refractivity contribution >= 4 is 5.91 Å². The van der Waals surface area contributed by atoms with E-state index in [1.807, 2.05) is 17.9 Å². The summed E-state index contributed by atoms with van der Waals surface area (Å²) in [4.78, 5) is 21.8. The highest BCUT2D eigenvalue weighted by molar-refractivity contribution is 5.94. The summed E-state index contributed by atoms with van der Waals surface area (Å²) in [5, 5.41) is 0. The van der Waals surface area contributed by atoms with Crippen molar-refractivity contribution in [2.75, 3.05) is 26.2 Å². The van der Waals surface area contributed by atoms with Gasteiger partial charge in [-0.25, -0.2) is 0 Å². The number of carbonyl (C=O) groups excluding carboxylic acids is 1. The molecule has 2 aliphatic rings. The molecule has 1 aromatic heterocycles. The van der Waals surface area contributed by atoms with E-state index in [9.17, 15) is 4.79 Å². The minimum absolute atomic E-state index is 0.139. The van der Waals surface area contributed by atoms with Crippen LogP contribution in [0, 0.1) is 18.8 Å². The molecule has 2 heterocycles. The number of pyridine rings is 1. The maximum absolute atomic E-state index is 12.9. The molecule has 0 N–H and O–H groups in total. The Morgan fingerprint density at radius 2 is 2.09 bits per heavy atom. The van der Waals surface area contributed by atoms with Gasteiger partial charge in [-0.05, 0) is 49.7 Å². The number of carbonyl (C=O) groups is 1. The van der Waals surface area contributed by atoms with Crippen LogP contribution in [-0.4, -0.2) is 52.9 Å². The van der Waals surface area contributed by atoms with Gasteiger partial charge >= 0.3 is 0 Å². The van der Waals surface area contributed by atoms with Gasteiger partial charge in [-0.15, -0.1) is 0 Å². The smallest absolute Gasteiger partial charge is 0.255 e. The van der Waals surface area contributed by atoms with E-state index in [2.05, 4.69) is 23.7 Å². The second-order valence-electron chi connectivity index (χ2n) is 7.61. The number of hydrogen-bond acceptors (Lipinski definition) is 3. The average Bonchev–Trinajstić information content (AvgIpc) is 3.34. The van der Waals surface area contributed by atoms with E-state index in [0.717, 1.165) is 43.1 Å². The van der Waals surface area contributed by atoms with E-state index >= 15 is 0 Å². The molecule has 1 atom stereocenters. The number of aryl methyl sites for hydroxylation is 1. The van der Waals surface area contributed by atoms with Gasteiger partial charge in [-0.2, -0.15) is 0 Å². The fourth-order valence-corrected chi connectivity index (χ4v) is 3.59. The SMILES string of the molecule is Cc1cncc(C(=O)N2CCCN(CC3CC3)C(C(C)C)C2)c1. The van der Waals surface area contributed by atoms with Crippen LogP contribution in [0.4, 0.5) is 0 Å². The summed E-state index contributed by atoms with van der Waals surface area (Å²) in [6, 6.07) is 2.42. The third kappa shape index (κ3) is 4.11. The number of aromatic nitrogens is 1. The number of nitrogens with zero attached hydrogens (tertiary/aromatic N) is 3. The first-order valence-electron chi connectivity index (χ1n) is 8.99. The highest BCUT2D eigenvalue weighted by atomic mass is 16.2. The average molecular weight is 315 g/mol. The molecule has 1 saturated carbocycles. The Morgan fingerprint density at radius 3 is 2.74 bits per heavy atom. The normalized spacial score (nSPS) is 23.1. The molecule has 0 radical (unpaired) electrons. The zero-order chi connectivity index (χ0) is 16.4. The number of hydrogen-bond donors (Lipinski definition) is 0. The maximum atomic E-state index is 12.9. The molecule has 4 heteroatoms. The molecule has 1 amide bonds. The van der Waals surface area contributed by atoms with Crippen LogP contribution < -0.4 is 0 Å². The van der Waals surface area contributed by atoms with Gasteiger partial charge in [0.25, 0.3) is 5.91 Å². The molecule has 0 bridgehead atoms. The van der Waals surface area contributed by atoms with E-state index in [1.54, 1.807) is 12.4 Å². The van der Waals surface area contributed by atoms with Crippen molar-refractivity contribution in [1.29, 1.82) is 0 Å². The molecule has 1 aromatic rings. The highest BCUT2D eigenvalue weighted by Crippen LogP contribution is 2.32. The van der Waals surface area contributed by atoms with Crippen LogP contribution in [0.1, 0.15) is 49.0 Å². The third-order valence-electron chi connectivity index (χ3n) is 5.12. The predicted molar refractivity (Wildman–Crippen MR) is 92.4 cm³/mol. The van der Waals surface area contributed by atoms with Gasteiger partial charge in [0.1, 0.15) is 0 Å². The third-order valence-corrected chi connectivity index (χ3v) is 5.12. The van der Waals surface area contributed by atoms with Crippen LogP contribution in [0.25, 0.3) is 0 Å². The molecule has 1 saturated heterocycles. The van der Waals surface area contributed by atoms with Crippen LogP contribution in [0.3, 0.4) is 0 Å². The monoisotopic (exact) mass is 315 g/mol. The van der Waals surface area contributed by atoms with Gasteiger partial charge in [0, 0.05) is 44.6 Å². The van der Waals surface area contributed by atoms with Gasteiger partial charge in [0.05, 0.1) is 5.56 Å². The van der Waals surface area contributed by atoms with E-state index < -0.39 is 0 Å². The molecule has 1 unspecified atom stereocenters. The summed E-state index contributed by atoms with van der Waals surface area (Å²) in [7, 11) is 0. The topological polar surface area (TPSA) is 36.4 Å². The molecule has 1 aliphatic heterocycles. The van der Waals surface area contributed by atoms with Crippen molar-refractivity contribution in [3.8, 4) is 0 Å². The zero-order valence-corrected chi connectivity index (χ0v) is 14.7. The Kier molecular flexibility index (Phi) is 5.00. The lowest BCUT2D eigenvalue weighted by molar-refractivity contribution is 0.0704. The summed E-state index contributed by atoms with van der Waals surface area (Å²) in [5.74, 6) is 1.61. The molecule has 1 aliphatic carbocycles. The molecule has 4 nitrogen and oxygen atoms in total. The first-order valence-corrected chi connectivity index (χ1v) is 8.99. The van der Waals surface area contributed by atoms with E-state index in [4.69, 9.17) is 0 Å². The second kappa shape index (κ2) is 7.00. The lowest BCUT2D eigenvalue weighted by atomic mass is 10.0. The van der Waals surface area contributed by atoms with Crippen molar-refractivity contribution in [2.45, 2.75) is 46.1 Å². The van der Waals surface area contributed by atoms with Crippen LogP contribution in [0.5, 0.6) is 0 Å². The summed E-state index contributed by atoms with van der Waals surface area (Å²) in [5.41, 5.74) is 1.77. The second-order valence-corrected chi connectivity index (χ2v) is 7.61. The van der Waals surface area contributed by atoms with Crippen molar-refractivity contribution in [3.63, 3.8) is 0 Å². The largest absolute Gasteiger partial charge is 0.337 e. The lowest BCUT2D eigenvalue weighted by Gasteiger charge is -2.34. The quantitative estimate of drug-likeness (QED) is 0.857. The van der Waals surface area contributed by atoms with Crippen LogP contribution >= 0.6 is 0 Å². The van der Waals surface area contributed by atoms with Crippen molar-refractivity contribution in [1.82, 2.24) is 14.8 Å². The highest BCUT2D eigenvalue weighted by Gasteiger charge is 2.33. The summed E-state index contributed by atoms with van der Waals surface area (Å²) < 4.78 is 0. The molecule has 0 aromatic carbocycles. The van der Waals surface area contributed by atoms with Crippen LogP contribution in [-0.2, 0) is 0 Å². The molecule has 126 valence electrons. The Bertz CT molecular complexity index is 553. The van der Waals surface area contributed by atoms with Crippen molar-refractivity contribution in [2.24, 2.45) is 11.8 Å². The van der Waals surface area contributed by atoms with Crippen molar-refractivity contribution in [3.05, 3.63) is 29.6 Å². The van der Waals surface area contributed by atoms with Crippen LogP contribution in [0.2, 0.25) is 0 Å². The standard InChI is InChI=1S/C19H29N3O/c1-14(2)18-13-22(8-4-7-21(18)12-16-5-6-16)19(23)17-9-15(3)10-20-11-17/h9-11,14,16,18H,4-8,12-13H2,1-3H3. The predicted octanol–water partition coefficient (Wildman–Crippen LogP) is 2.97. The van der Waals surface area contributed by atoms with Gasteiger partial charge in [0.15, 0.2) is 0 Å². The first kappa shape index (κ1) is 16.4. The molecular formula is C19H29N3O. The molecule has 3 rings (SSSR count). The number of amides is 1. The van der Waals surface area contributed by atoms with E-state index in [-0.39, 0.29) is 5.91 Å². The fraction of sp³-hybridized carbons (Fsp3) is 0.684.